The van der Waals surface area contributed by atoms with Crippen molar-refractivity contribution in [2.75, 3.05) is 38.6 Å². The van der Waals surface area contributed by atoms with Crippen molar-refractivity contribution in [2.45, 2.75) is 6.92 Å². The smallest absolute Gasteiger partial charge is 0.321 e. The highest BCUT2D eigenvalue weighted by atomic mass is 16.5. The summed E-state index contributed by atoms with van der Waals surface area (Å²) in [6.07, 6.45) is 1.70. The van der Waals surface area contributed by atoms with Crippen LogP contribution in [0.3, 0.4) is 0 Å². The van der Waals surface area contributed by atoms with Crippen molar-refractivity contribution in [2.24, 2.45) is 0 Å². The van der Waals surface area contributed by atoms with Gasteiger partial charge < -0.3 is 19.9 Å². The maximum absolute atomic E-state index is 13.1. The van der Waals surface area contributed by atoms with Crippen molar-refractivity contribution < 1.29 is 14.3 Å². The molecule has 0 unspecified atom stereocenters. The fourth-order valence-corrected chi connectivity index (χ4v) is 3.56. The van der Waals surface area contributed by atoms with Crippen molar-refractivity contribution in [3.63, 3.8) is 0 Å². The summed E-state index contributed by atoms with van der Waals surface area (Å²) in [6.45, 7) is 3.74. The third kappa shape index (κ3) is 4.53. The third-order valence-electron chi connectivity index (χ3n) is 5.25. The Kier molecular flexibility index (Phi) is 5.88. The number of benzene rings is 2. The van der Waals surface area contributed by atoms with Crippen LogP contribution in [0.2, 0.25) is 0 Å². The number of carbonyl (C=O) groups excluding carboxylic acids is 2. The molecule has 4 rings (SSSR count). The van der Waals surface area contributed by atoms with E-state index < -0.39 is 0 Å². The van der Waals surface area contributed by atoms with Crippen molar-refractivity contribution >= 4 is 17.6 Å². The number of carbonyl (C=O) groups is 2. The molecule has 1 fully saturated rings. The first-order valence-electron chi connectivity index (χ1n) is 10.2. The van der Waals surface area contributed by atoms with E-state index in [9.17, 15) is 9.59 Å². The molecule has 8 heteroatoms. The van der Waals surface area contributed by atoms with E-state index in [0.717, 1.165) is 16.9 Å². The highest BCUT2D eigenvalue weighted by Gasteiger charge is 2.28. The Morgan fingerprint density at radius 2 is 1.68 bits per heavy atom. The van der Waals surface area contributed by atoms with Gasteiger partial charge in [0.25, 0.3) is 5.91 Å². The molecule has 1 aliphatic heterocycles. The molecular formula is C23H25N5O3. The molecule has 160 valence electrons. The molecule has 31 heavy (non-hydrogen) atoms. The van der Waals surface area contributed by atoms with E-state index in [1.807, 2.05) is 61.5 Å². The fourth-order valence-electron chi connectivity index (χ4n) is 3.56. The van der Waals surface area contributed by atoms with Crippen molar-refractivity contribution in [1.29, 1.82) is 0 Å². The molecule has 1 aliphatic rings. The molecule has 3 amide bonds. The minimum atomic E-state index is -0.203. The zero-order valence-electron chi connectivity index (χ0n) is 17.6. The van der Waals surface area contributed by atoms with Crippen LogP contribution in [-0.4, -0.2) is 64.8 Å². The monoisotopic (exact) mass is 419 g/mol. The molecule has 0 radical (unpaired) electrons. The van der Waals surface area contributed by atoms with Crippen LogP contribution in [0.4, 0.5) is 10.5 Å². The maximum Gasteiger partial charge on any atom is 0.321 e. The molecule has 0 bridgehead atoms. The minimum absolute atomic E-state index is 0.163. The lowest BCUT2D eigenvalue weighted by atomic mass is 10.2. The summed E-state index contributed by atoms with van der Waals surface area (Å²) in [7, 11) is 1.52. The highest BCUT2D eigenvalue weighted by Crippen LogP contribution is 2.22. The normalized spacial score (nSPS) is 13.7. The van der Waals surface area contributed by atoms with E-state index in [0.29, 0.717) is 31.9 Å². The van der Waals surface area contributed by atoms with Gasteiger partial charge in [-0.1, -0.05) is 30.3 Å². The van der Waals surface area contributed by atoms with Gasteiger partial charge in [-0.15, -0.1) is 0 Å². The van der Waals surface area contributed by atoms with Gasteiger partial charge in [0.15, 0.2) is 11.4 Å². The van der Waals surface area contributed by atoms with Crippen molar-refractivity contribution in [1.82, 2.24) is 19.6 Å². The van der Waals surface area contributed by atoms with Crippen LogP contribution >= 0.6 is 0 Å². The first-order valence-corrected chi connectivity index (χ1v) is 10.2. The largest absolute Gasteiger partial charge is 0.493 e. The summed E-state index contributed by atoms with van der Waals surface area (Å²) in [5.41, 5.74) is 2.96. The number of piperazine rings is 1. The number of hydrogen-bond acceptors (Lipinski definition) is 4. The maximum atomic E-state index is 13.1. The number of hydrogen-bond donors (Lipinski definition) is 1. The molecule has 0 aliphatic carbocycles. The zero-order chi connectivity index (χ0) is 21.8. The van der Waals surface area contributed by atoms with Crippen molar-refractivity contribution in [3.8, 4) is 11.4 Å². The van der Waals surface area contributed by atoms with Gasteiger partial charge in [0.05, 0.1) is 19.0 Å². The van der Waals surface area contributed by atoms with Crippen LogP contribution in [0.25, 0.3) is 5.69 Å². The Morgan fingerprint density at radius 3 is 2.35 bits per heavy atom. The second-order valence-electron chi connectivity index (χ2n) is 7.41. The SMILES string of the molecule is COc1cn(-c2ccccc2)nc1C(=O)N1CCN(C(=O)Nc2cccc(C)c2)CC1. The lowest BCUT2D eigenvalue weighted by Crippen LogP contribution is -2.51. The van der Waals surface area contributed by atoms with Gasteiger partial charge in [-0.25, -0.2) is 9.48 Å². The first-order chi connectivity index (χ1) is 15.0. The van der Waals surface area contributed by atoms with Crippen LogP contribution in [0.5, 0.6) is 5.75 Å². The molecule has 1 saturated heterocycles. The Hall–Kier alpha value is -3.81. The number of ether oxygens (including phenoxy) is 1. The average molecular weight is 419 g/mol. The number of urea groups is 1. The number of anilines is 1. The molecule has 0 spiro atoms. The summed E-state index contributed by atoms with van der Waals surface area (Å²) in [6, 6.07) is 17.1. The Labute approximate surface area is 181 Å². The summed E-state index contributed by atoms with van der Waals surface area (Å²) in [5, 5.41) is 7.37. The lowest BCUT2D eigenvalue weighted by molar-refractivity contribution is 0.0662. The molecule has 0 atom stereocenters. The van der Waals surface area contributed by atoms with Gasteiger partial charge in [0, 0.05) is 31.9 Å². The van der Waals surface area contributed by atoms with E-state index in [-0.39, 0.29) is 17.6 Å². The van der Waals surface area contributed by atoms with Gasteiger partial charge in [-0.05, 0) is 36.8 Å². The van der Waals surface area contributed by atoms with E-state index >= 15 is 0 Å². The second-order valence-corrected chi connectivity index (χ2v) is 7.41. The highest BCUT2D eigenvalue weighted by molar-refractivity contribution is 5.95. The topological polar surface area (TPSA) is 79.7 Å². The van der Waals surface area contributed by atoms with E-state index in [1.54, 1.807) is 20.7 Å². The predicted molar refractivity (Wildman–Crippen MR) is 118 cm³/mol. The predicted octanol–water partition coefficient (Wildman–Crippen LogP) is 3.18. The van der Waals surface area contributed by atoms with E-state index in [1.165, 1.54) is 7.11 Å². The second kappa shape index (κ2) is 8.91. The summed E-state index contributed by atoms with van der Waals surface area (Å²) >= 11 is 0. The summed E-state index contributed by atoms with van der Waals surface area (Å²) in [4.78, 5) is 29.1. The van der Waals surface area contributed by atoms with Crippen LogP contribution in [0, 0.1) is 6.92 Å². The molecule has 8 nitrogen and oxygen atoms in total. The molecule has 2 heterocycles. The number of aryl methyl sites for hydroxylation is 1. The average Bonchev–Trinajstić information content (AvgIpc) is 3.24. The number of nitrogens with one attached hydrogen (secondary N) is 1. The summed E-state index contributed by atoms with van der Waals surface area (Å²) in [5.74, 6) is 0.221. The Balaban J connectivity index is 1.40. The van der Waals surface area contributed by atoms with Crippen LogP contribution in [-0.2, 0) is 0 Å². The Bertz CT molecular complexity index is 1070. The first kappa shape index (κ1) is 20.5. The minimum Gasteiger partial charge on any atom is -0.493 e. The van der Waals surface area contributed by atoms with Crippen LogP contribution in [0.1, 0.15) is 16.1 Å². The lowest BCUT2D eigenvalue weighted by Gasteiger charge is -2.34. The molecular weight excluding hydrogens is 394 g/mol. The van der Waals surface area contributed by atoms with Gasteiger partial charge in [0.2, 0.25) is 0 Å². The standard InChI is InChI=1S/C23H25N5O3/c1-17-7-6-8-18(15-17)24-23(30)27-13-11-26(12-14-27)22(29)21-20(31-2)16-28(25-21)19-9-4-3-5-10-19/h3-10,15-16H,11-14H2,1-2H3,(H,24,30). The van der Waals surface area contributed by atoms with E-state index in [4.69, 9.17) is 4.74 Å². The number of amides is 3. The number of aromatic nitrogens is 2. The van der Waals surface area contributed by atoms with Gasteiger partial charge in [0.1, 0.15) is 0 Å². The summed E-state index contributed by atoms with van der Waals surface area (Å²) < 4.78 is 7.03. The van der Waals surface area contributed by atoms with Gasteiger partial charge >= 0.3 is 6.03 Å². The number of rotatable bonds is 4. The molecule has 1 N–H and O–H groups in total. The molecule has 2 aromatic carbocycles. The fraction of sp³-hybridized carbons (Fsp3) is 0.261. The number of nitrogens with zero attached hydrogens (tertiary/aromatic N) is 4. The molecule has 0 saturated carbocycles. The van der Waals surface area contributed by atoms with E-state index in [2.05, 4.69) is 10.4 Å². The number of methoxy groups -OCH3 is 1. The van der Waals surface area contributed by atoms with Gasteiger partial charge in [-0.2, -0.15) is 5.10 Å². The van der Waals surface area contributed by atoms with Gasteiger partial charge in [-0.3, -0.25) is 4.79 Å². The quantitative estimate of drug-likeness (QED) is 0.704. The molecule has 1 aromatic heterocycles. The third-order valence-corrected chi connectivity index (χ3v) is 5.25. The van der Waals surface area contributed by atoms with Crippen molar-refractivity contribution in [3.05, 3.63) is 72.1 Å². The zero-order valence-corrected chi connectivity index (χ0v) is 17.6. The van der Waals surface area contributed by atoms with Crippen LogP contribution < -0.4 is 10.1 Å². The Morgan fingerprint density at radius 1 is 0.968 bits per heavy atom. The number of para-hydroxylation sites is 1. The molecule has 3 aromatic rings. The van der Waals surface area contributed by atoms with Crippen LogP contribution in [0.15, 0.2) is 60.8 Å².